The van der Waals surface area contributed by atoms with Crippen LogP contribution in [0, 0.1) is 5.82 Å². The molecule has 0 radical (unpaired) electrons. The van der Waals surface area contributed by atoms with Gasteiger partial charge in [-0.2, -0.15) is 0 Å². The molecular formula is C16H18FNO. The second-order valence-corrected chi connectivity index (χ2v) is 4.49. The predicted molar refractivity (Wildman–Crippen MR) is 74.8 cm³/mol. The van der Waals surface area contributed by atoms with Gasteiger partial charge in [0.25, 0.3) is 0 Å². The molecule has 2 rings (SSSR count). The lowest BCUT2D eigenvalue weighted by Crippen LogP contribution is -2.11. The van der Waals surface area contributed by atoms with Crippen LogP contribution in [0.2, 0.25) is 0 Å². The summed E-state index contributed by atoms with van der Waals surface area (Å²) in [5, 5.41) is 0. The van der Waals surface area contributed by atoms with Crippen molar-refractivity contribution in [2.45, 2.75) is 25.8 Å². The second kappa shape index (κ2) is 6.34. The van der Waals surface area contributed by atoms with Gasteiger partial charge in [-0.25, -0.2) is 4.39 Å². The van der Waals surface area contributed by atoms with Crippen LogP contribution in [-0.4, -0.2) is 0 Å². The Labute approximate surface area is 113 Å². The molecule has 0 amide bonds. The van der Waals surface area contributed by atoms with E-state index in [-0.39, 0.29) is 11.9 Å². The summed E-state index contributed by atoms with van der Waals surface area (Å²) in [7, 11) is 0. The Kier molecular flexibility index (Phi) is 4.53. The van der Waals surface area contributed by atoms with Crippen molar-refractivity contribution in [1.82, 2.24) is 0 Å². The fraction of sp³-hybridized carbons (Fsp3) is 0.250. The first-order valence-electron chi connectivity index (χ1n) is 6.48. The zero-order valence-electron chi connectivity index (χ0n) is 11.0. The second-order valence-electron chi connectivity index (χ2n) is 4.49. The highest BCUT2D eigenvalue weighted by molar-refractivity contribution is 5.35. The molecule has 2 nitrogen and oxygen atoms in total. The van der Waals surface area contributed by atoms with Crippen LogP contribution >= 0.6 is 0 Å². The molecule has 0 saturated heterocycles. The maximum absolute atomic E-state index is 13.7. The number of halogens is 1. The summed E-state index contributed by atoms with van der Waals surface area (Å²) in [6.07, 6.45) is 1.68. The number of ether oxygens (including phenoxy) is 1. The largest absolute Gasteiger partial charge is 0.457 e. The van der Waals surface area contributed by atoms with E-state index in [9.17, 15) is 4.39 Å². The van der Waals surface area contributed by atoms with Crippen LogP contribution in [0.1, 0.15) is 31.4 Å². The summed E-state index contributed by atoms with van der Waals surface area (Å²) >= 11 is 0. The highest BCUT2D eigenvalue weighted by Gasteiger charge is 2.12. The molecule has 19 heavy (non-hydrogen) atoms. The molecule has 1 unspecified atom stereocenters. The van der Waals surface area contributed by atoms with Crippen molar-refractivity contribution in [2.24, 2.45) is 5.73 Å². The van der Waals surface area contributed by atoms with Gasteiger partial charge < -0.3 is 10.5 Å². The Morgan fingerprint density at radius 3 is 2.53 bits per heavy atom. The Bertz CT molecular complexity index is 528. The molecule has 0 aliphatic heterocycles. The smallest absolute Gasteiger partial charge is 0.128 e. The Hall–Kier alpha value is -1.87. The quantitative estimate of drug-likeness (QED) is 0.862. The first kappa shape index (κ1) is 13.6. The fourth-order valence-electron chi connectivity index (χ4n) is 1.96. The minimum Gasteiger partial charge on any atom is -0.457 e. The third-order valence-corrected chi connectivity index (χ3v) is 2.95. The summed E-state index contributed by atoms with van der Waals surface area (Å²) in [5.41, 5.74) is 6.48. The van der Waals surface area contributed by atoms with Crippen molar-refractivity contribution < 1.29 is 9.13 Å². The molecule has 0 heterocycles. The van der Waals surface area contributed by atoms with Gasteiger partial charge in [-0.1, -0.05) is 31.5 Å². The lowest BCUT2D eigenvalue weighted by molar-refractivity contribution is 0.475. The maximum Gasteiger partial charge on any atom is 0.128 e. The summed E-state index contributed by atoms with van der Waals surface area (Å²) < 4.78 is 19.4. The van der Waals surface area contributed by atoms with E-state index in [4.69, 9.17) is 10.5 Å². The van der Waals surface area contributed by atoms with Gasteiger partial charge in [0.1, 0.15) is 17.3 Å². The number of hydrogen-bond donors (Lipinski definition) is 1. The maximum atomic E-state index is 13.7. The van der Waals surface area contributed by atoms with Crippen LogP contribution in [-0.2, 0) is 0 Å². The van der Waals surface area contributed by atoms with Crippen LogP contribution in [0.3, 0.4) is 0 Å². The van der Waals surface area contributed by atoms with Crippen molar-refractivity contribution in [3.63, 3.8) is 0 Å². The standard InChI is InChI=1S/C16H18FNO/c1-2-6-16(18)14-11-13(9-10-15(14)17)19-12-7-4-3-5-8-12/h3-5,7-11,16H,2,6,18H2,1H3. The first-order valence-corrected chi connectivity index (χ1v) is 6.48. The molecule has 2 aromatic rings. The number of benzene rings is 2. The van der Waals surface area contributed by atoms with Gasteiger partial charge in [-0.05, 0) is 36.8 Å². The molecule has 0 aliphatic carbocycles. The van der Waals surface area contributed by atoms with Gasteiger partial charge in [0.2, 0.25) is 0 Å². The molecule has 3 heteroatoms. The van der Waals surface area contributed by atoms with E-state index in [1.165, 1.54) is 6.07 Å². The number of hydrogen-bond acceptors (Lipinski definition) is 2. The summed E-state index contributed by atoms with van der Waals surface area (Å²) in [6.45, 7) is 2.03. The van der Waals surface area contributed by atoms with Crippen molar-refractivity contribution >= 4 is 0 Å². The molecule has 0 aromatic heterocycles. The Balaban J connectivity index is 2.21. The molecule has 2 aromatic carbocycles. The lowest BCUT2D eigenvalue weighted by atomic mass is 10.0. The van der Waals surface area contributed by atoms with E-state index < -0.39 is 0 Å². The van der Waals surface area contributed by atoms with E-state index in [0.717, 1.165) is 18.6 Å². The summed E-state index contributed by atoms with van der Waals surface area (Å²) in [5.74, 6) is 1.06. The van der Waals surface area contributed by atoms with Gasteiger partial charge in [0.05, 0.1) is 0 Å². The monoisotopic (exact) mass is 259 g/mol. The lowest BCUT2D eigenvalue weighted by Gasteiger charge is -2.14. The highest BCUT2D eigenvalue weighted by Crippen LogP contribution is 2.27. The number of para-hydroxylation sites is 1. The van der Waals surface area contributed by atoms with Crippen molar-refractivity contribution in [3.05, 3.63) is 59.9 Å². The van der Waals surface area contributed by atoms with Crippen molar-refractivity contribution in [3.8, 4) is 11.5 Å². The molecule has 0 bridgehead atoms. The summed E-state index contributed by atoms with van der Waals surface area (Å²) in [4.78, 5) is 0. The van der Waals surface area contributed by atoms with E-state index in [2.05, 4.69) is 0 Å². The number of rotatable bonds is 5. The molecule has 0 spiro atoms. The molecule has 2 N–H and O–H groups in total. The molecule has 1 atom stereocenters. The van der Waals surface area contributed by atoms with Gasteiger partial charge >= 0.3 is 0 Å². The molecule has 100 valence electrons. The third kappa shape index (κ3) is 3.55. The Morgan fingerprint density at radius 2 is 1.84 bits per heavy atom. The van der Waals surface area contributed by atoms with E-state index in [0.29, 0.717) is 11.3 Å². The molecule has 0 fully saturated rings. The normalized spacial score (nSPS) is 12.2. The van der Waals surface area contributed by atoms with Crippen LogP contribution in [0.4, 0.5) is 4.39 Å². The zero-order chi connectivity index (χ0) is 13.7. The number of nitrogens with two attached hydrogens (primary N) is 1. The highest BCUT2D eigenvalue weighted by atomic mass is 19.1. The zero-order valence-corrected chi connectivity index (χ0v) is 11.0. The van der Waals surface area contributed by atoms with E-state index >= 15 is 0 Å². The predicted octanol–water partition coefficient (Wildman–Crippen LogP) is 4.42. The van der Waals surface area contributed by atoms with E-state index in [1.807, 2.05) is 37.3 Å². The van der Waals surface area contributed by atoms with Crippen LogP contribution in [0.25, 0.3) is 0 Å². The fourth-order valence-corrected chi connectivity index (χ4v) is 1.96. The van der Waals surface area contributed by atoms with Crippen molar-refractivity contribution in [1.29, 1.82) is 0 Å². The molecule has 0 aliphatic rings. The SMILES string of the molecule is CCCC(N)c1cc(Oc2ccccc2)ccc1F. The minimum absolute atomic E-state index is 0.277. The van der Waals surface area contributed by atoms with Crippen LogP contribution in [0.5, 0.6) is 11.5 Å². The van der Waals surface area contributed by atoms with Gasteiger partial charge in [0, 0.05) is 11.6 Å². The van der Waals surface area contributed by atoms with Crippen molar-refractivity contribution in [2.75, 3.05) is 0 Å². The van der Waals surface area contributed by atoms with Gasteiger partial charge in [0.15, 0.2) is 0 Å². The average Bonchev–Trinajstić information content (AvgIpc) is 2.42. The van der Waals surface area contributed by atoms with Crippen LogP contribution < -0.4 is 10.5 Å². The van der Waals surface area contributed by atoms with Gasteiger partial charge in [-0.15, -0.1) is 0 Å². The Morgan fingerprint density at radius 1 is 1.11 bits per heavy atom. The third-order valence-electron chi connectivity index (χ3n) is 2.95. The average molecular weight is 259 g/mol. The van der Waals surface area contributed by atoms with Crippen LogP contribution in [0.15, 0.2) is 48.5 Å². The summed E-state index contributed by atoms with van der Waals surface area (Å²) in [6, 6.07) is 13.8. The molecule has 0 saturated carbocycles. The van der Waals surface area contributed by atoms with Gasteiger partial charge in [-0.3, -0.25) is 0 Å². The minimum atomic E-state index is -0.288. The topological polar surface area (TPSA) is 35.2 Å². The first-order chi connectivity index (χ1) is 9.20. The molecular weight excluding hydrogens is 241 g/mol. The van der Waals surface area contributed by atoms with E-state index in [1.54, 1.807) is 12.1 Å².